The molecule has 0 bridgehead atoms. The second-order valence-electron chi connectivity index (χ2n) is 8.00. The molecular weight excluding hydrogens is 419 g/mol. The maximum absolute atomic E-state index is 14.3. The van der Waals surface area contributed by atoms with Crippen LogP contribution in [0.15, 0.2) is 48.8 Å². The van der Waals surface area contributed by atoms with Gasteiger partial charge in [0.1, 0.15) is 18.0 Å². The van der Waals surface area contributed by atoms with Crippen LogP contribution in [0.1, 0.15) is 21.8 Å². The van der Waals surface area contributed by atoms with Crippen LogP contribution in [0.4, 0.5) is 19.0 Å². The summed E-state index contributed by atoms with van der Waals surface area (Å²) < 4.78 is 41.3. The number of carbonyl (C=O) groups is 1. The van der Waals surface area contributed by atoms with Crippen molar-refractivity contribution in [3.63, 3.8) is 0 Å². The normalized spacial score (nSPS) is 18.1. The second-order valence-corrected chi connectivity index (χ2v) is 8.00. The number of benzene rings is 2. The van der Waals surface area contributed by atoms with Gasteiger partial charge in [-0.1, -0.05) is 12.1 Å². The maximum atomic E-state index is 14.3. The average Bonchev–Trinajstić information content (AvgIpc) is 3.17. The van der Waals surface area contributed by atoms with E-state index in [0.29, 0.717) is 36.2 Å². The van der Waals surface area contributed by atoms with E-state index in [1.165, 1.54) is 11.2 Å². The molecule has 1 aliphatic rings. The van der Waals surface area contributed by atoms with Crippen LogP contribution in [-0.2, 0) is 0 Å². The molecule has 3 aromatic rings. The third-order valence-electron chi connectivity index (χ3n) is 5.59. The highest BCUT2D eigenvalue weighted by molar-refractivity contribution is 5.95. The van der Waals surface area contributed by atoms with Gasteiger partial charge in [-0.05, 0) is 23.8 Å². The van der Waals surface area contributed by atoms with Crippen molar-refractivity contribution >= 4 is 11.7 Å². The largest absolute Gasteiger partial charge is 0.354 e. The standard InChI is InChI=1S/C23H22F3N5O/c1-30(2)23(32)14-5-3-4-13(6-14)21-9-22(29-12-28-21)31-10-16(20(27)11-31)15-7-18(25)19(26)8-17(15)24/h3-9,12,16,20H,10-11,27H2,1-2H3/t16-,20+/m1/s1. The third kappa shape index (κ3) is 4.16. The summed E-state index contributed by atoms with van der Waals surface area (Å²) >= 11 is 0. The average molecular weight is 441 g/mol. The molecule has 2 heterocycles. The molecule has 1 amide bonds. The molecule has 32 heavy (non-hydrogen) atoms. The molecule has 166 valence electrons. The Hall–Kier alpha value is -3.46. The number of aromatic nitrogens is 2. The van der Waals surface area contributed by atoms with E-state index in [-0.39, 0.29) is 11.5 Å². The summed E-state index contributed by atoms with van der Waals surface area (Å²) in [6.07, 6.45) is 1.40. The highest BCUT2D eigenvalue weighted by atomic mass is 19.2. The molecule has 4 rings (SSSR count). The van der Waals surface area contributed by atoms with Crippen molar-refractivity contribution in [2.45, 2.75) is 12.0 Å². The summed E-state index contributed by atoms with van der Waals surface area (Å²) in [5, 5.41) is 0. The molecule has 2 atom stereocenters. The lowest BCUT2D eigenvalue weighted by molar-refractivity contribution is 0.0827. The fourth-order valence-corrected chi connectivity index (χ4v) is 3.91. The lowest BCUT2D eigenvalue weighted by Crippen LogP contribution is -2.29. The number of rotatable bonds is 4. The molecule has 1 aromatic heterocycles. The van der Waals surface area contributed by atoms with Gasteiger partial charge in [-0.25, -0.2) is 23.1 Å². The number of nitrogens with two attached hydrogens (primary N) is 1. The molecule has 6 nitrogen and oxygen atoms in total. The Labute approximate surface area is 183 Å². The Kier molecular flexibility index (Phi) is 5.84. The number of nitrogens with zero attached hydrogens (tertiary/aromatic N) is 4. The highest BCUT2D eigenvalue weighted by Gasteiger charge is 2.34. The minimum absolute atomic E-state index is 0.0445. The van der Waals surface area contributed by atoms with Crippen LogP contribution in [0.3, 0.4) is 0 Å². The maximum Gasteiger partial charge on any atom is 0.253 e. The number of hydrogen-bond donors (Lipinski definition) is 1. The Morgan fingerprint density at radius 3 is 2.53 bits per heavy atom. The van der Waals surface area contributed by atoms with E-state index in [2.05, 4.69) is 9.97 Å². The van der Waals surface area contributed by atoms with Gasteiger partial charge in [-0.2, -0.15) is 0 Å². The highest BCUT2D eigenvalue weighted by Crippen LogP contribution is 2.33. The quantitative estimate of drug-likeness (QED) is 0.630. The van der Waals surface area contributed by atoms with Crippen LogP contribution in [0.2, 0.25) is 0 Å². The van der Waals surface area contributed by atoms with E-state index in [1.807, 2.05) is 11.0 Å². The van der Waals surface area contributed by atoms with Gasteiger partial charge in [-0.3, -0.25) is 4.79 Å². The van der Waals surface area contributed by atoms with Crippen molar-refractivity contribution in [2.75, 3.05) is 32.1 Å². The van der Waals surface area contributed by atoms with Crippen LogP contribution >= 0.6 is 0 Å². The fraction of sp³-hybridized carbons (Fsp3) is 0.261. The minimum atomic E-state index is -1.23. The van der Waals surface area contributed by atoms with E-state index in [9.17, 15) is 18.0 Å². The zero-order chi connectivity index (χ0) is 23.0. The molecule has 9 heteroatoms. The molecule has 2 N–H and O–H groups in total. The molecular formula is C23H22F3N5O. The SMILES string of the molecule is CN(C)C(=O)c1cccc(-c2cc(N3C[C@H](c4cc(F)c(F)cc4F)[C@@H](N)C3)ncn2)c1. The summed E-state index contributed by atoms with van der Waals surface area (Å²) in [4.78, 5) is 24.2. The number of halogens is 3. The Bertz CT molecular complexity index is 1170. The van der Waals surface area contributed by atoms with Gasteiger partial charge in [0.05, 0.1) is 5.69 Å². The second kappa shape index (κ2) is 8.58. The summed E-state index contributed by atoms with van der Waals surface area (Å²) in [7, 11) is 3.36. The van der Waals surface area contributed by atoms with Crippen molar-refractivity contribution in [1.29, 1.82) is 0 Å². The smallest absolute Gasteiger partial charge is 0.253 e. The van der Waals surface area contributed by atoms with Crippen molar-refractivity contribution in [1.82, 2.24) is 14.9 Å². The third-order valence-corrected chi connectivity index (χ3v) is 5.59. The summed E-state index contributed by atoms with van der Waals surface area (Å²) in [6, 6.07) is 9.79. The number of amides is 1. The van der Waals surface area contributed by atoms with Crippen LogP contribution in [0.25, 0.3) is 11.3 Å². The van der Waals surface area contributed by atoms with E-state index in [1.54, 1.807) is 38.4 Å². The summed E-state index contributed by atoms with van der Waals surface area (Å²) in [5.41, 5.74) is 8.15. The topological polar surface area (TPSA) is 75.4 Å². The van der Waals surface area contributed by atoms with Gasteiger partial charge in [0.25, 0.3) is 5.91 Å². The first-order valence-electron chi connectivity index (χ1n) is 10.0. The predicted octanol–water partition coefficient (Wildman–Crippen LogP) is 3.19. The lowest BCUT2D eigenvalue weighted by atomic mass is 9.94. The van der Waals surface area contributed by atoms with E-state index in [0.717, 1.165) is 11.6 Å². The van der Waals surface area contributed by atoms with Crippen LogP contribution in [0.5, 0.6) is 0 Å². The molecule has 0 saturated carbocycles. The van der Waals surface area contributed by atoms with Gasteiger partial charge in [-0.15, -0.1) is 0 Å². The Morgan fingerprint density at radius 1 is 1.03 bits per heavy atom. The van der Waals surface area contributed by atoms with E-state index >= 15 is 0 Å². The molecule has 1 fully saturated rings. The number of anilines is 1. The molecule has 0 unspecified atom stereocenters. The molecule has 0 radical (unpaired) electrons. The lowest BCUT2D eigenvalue weighted by Gasteiger charge is -2.18. The molecule has 2 aromatic carbocycles. The molecule has 1 saturated heterocycles. The summed E-state index contributed by atoms with van der Waals surface area (Å²) in [5.74, 6) is -3.24. The number of carbonyl (C=O) groups excluding carboxylic acids is 1. The van der Waals surface area contributed by atoms with Crippen molar-refractivity contribution in [2.24, 2.45) is 5.73 Å². The molecule has 0 aliphatic carbocycles. The van der Waals surface area contributed by atoms with Crippen LogP contribution < -0.4 is 10.6 Å². The zero-order valence-corrected chi connectivity index (χ0v) is 17.6. The summed E-state index contributed by atoms with van der Waals surface area (Å²) in [6.45, 7) is 0.650. The van der Waals surface area contributed by atoms with Gasteiger partial charge < -0.3 is 15.5 Å². The van der Waals surface area contributed by atoms with Crippen LogP contribution in [-0.4, -0.2) is 54.0 Å². The molecule has 0 spiro atoms. The van der Waals surface area contributed by atoms with E-state index < -0.39 is 29.4 Å². The van der Waals surface area contributed by atoms with Crippen molar-refractivity contribution < 1.29 is 18.0 Å². The first-order valence-corrected chi connectivity index (χ1v) is 10.0. The zero-order valence-electron chi connectivity index (χ0n) is 17.6. The predicted molar refractivity (Wildman–Crippen MR) is 115 cm³/mol. The van der Waals surface area contributed by atoms with Gasteiger partial charge in [0.15, 0.2) is 11.6 Å². The van der Waals surface area contributed by atoms with E-state index in [4.69, 9.17) is 5.73 Å². The monoisotopic (exact) mass is 441 g/mol. The first kappa shape index (κ1) is 21.8. The molecule has 1 aliphatic heterocycles. The Balaban J connectivity index is 1.60. The fourth-order valence-electron chi connectivity index (χ4n) is 3.91. The van der Waals surface area contributed by atoms with Crippen LogP contribution in [0, 0.1) is 17.5 Å². The van der Waals surface area contributed by atoms with Gasteiger partial charge >= 0.3 is 0 Å². The minimum Gasteiger partial charge on any atom is -0.354 e. The van der Waals surface area contributed by atoms with Crippen molar-refractivity contribution in [3.8, 4) is 11.3 Å². The Morgan fingerprint density at radius 2 is 1.78 bits per heavy atom. The number of hydrogen-bond acceptors (Lipinski definition) is 5. The first-order chi connectivity index (χ1) is 15.2. The van der Waals surface area contributed by atoms with Crippen molar-refractivity contribution in [3.05, 3.63) is 77.4 Å². The van der Waals surface area contributed by atoms with Gasteiger partial charge in [0, 0.05) is 62.4 Å². The van der Waals surface area contributed by atoms with Gasteiger partial charge in [0.2, 0.25) is 0 Å².